The number of rotatable bonds is 6. The van der Waals surface area contributed by atoms with Gasteiger partial charge in [-0.05, 0) is 0 Å². The molecule has 1 saturated heterocycles. The summed E-state index contributed by atoms with van der Waals surface area (Å²) in [4.78, 5) is 21.6. The van der Waals surface area contributed by atoms with Crippen molar-refractivity contribution in [1.82, 2.24) is 14.9 Å². The van der Waals surface area contributed by atoms with Gasteiger partial charge in [-0.2, -0.15) is 13.5 Å². The summed E-state index contributed by atoms with van der Waals surface area (Å²) in [6.07, 6.45) is 5.60. The number of carbonyl (C=O) groups excluding carboxylic acids is 1. The van der Waals surface area contributed by atoms with Crippen molar-refractivity contribution in [2.75, 3.05) is 13.1 Å². The van der Waals surface area contributed by atoms with Gasteiger partial charge in [-0.15, -0.1) is 4.28 Å². The van der Waals surface area contributed by atoms with E-state index in [2.05, 4.69) is 14.3 Å². The van der Waals surface area contributed by atoms with Crippen LogP contribution in [0.4, 0.5) is 4.79 Å². The predicted octanol–water partition coefficient (Wildman–Crippen LogP) is -1.13. The number of amides is 2. The van der Waals surface area contributed by atoms with E-state index in [-0.39, 0.29) is 13.1 Å². The third kappa shape index (κ3) is 3.13. The Hall–Kier alpha value is -2.38. The van der Waals surface area contributed by atoms with E-state index in [1.54, 1.807) is 6.08 Å². The molecule has 1 aromatic rings. The van der Waals surface area contributed by atoms with Gasteiger partial charge in [0.05, 0.1) is 25.3 Å². The second-order valence-electron chi connectivity index (χ2n) is 5.04. The minimum atomic E-state index is -4.85. The number of aliphatic imine (C=N–C) groups is 1. The molecule has 2 aliphatic rings. The molecule has 1 fully saturated rings. The molecule has 3 rings (SSSR count). The Balaban J connectivity index is 1.95. The van der Waals surface area contributed by atoms with E-state index < -0.39 is 28.5 Å². The van der Waals surface area contributed by atoms with Gasteiger partial charge in [0.25, 0.3) is 0 Å². The molecule has 1 aromatic heterocycles. The van der Waals surface area contributed by atoms with Crippen LogP contribution in [0, 0.1) is 0 Å². The largest absolute Gasteiger partial charge is 0.560 e. The lowest BCUT2D eigenvalue weighted by molar-refractivity contribution is -0.0165. The van der Waals surface area contributed by atoms with E-state index in [4.69, 9.17) is 13.6 Å². The Kier molecular flexibility index (Phi) is 4.30. The quantitative estimate of drug-likeness (QED) is 0.293. The molecule has 3 heterocycles. The van der Waals surface area contributed by atoms with Gasteiger partial charge in [-0.25, -0.2) is 9.78 Å². The maximum absolute atomic E-state index is 12.4. The average Bonchev–Trinajstić information content (AvgIpc) is 3.12. The highest BCUT2D eigenvalue weighted by Crippen LogP contribution is 2.35. The van der Waals surface area contributed by atoms with E-state index >= 15 is 0 Å². The summed E-state index contributed by atoms with van der Waals surface area (Å²) in [5, 5.41) is 0.601. The fraction of sp³-hybridized carbons (Fsp3) is 0.364. The van der Waals surface area contributed by atoms with Gasteiger partial charge in [-0.1, -0.05) is 6.08 Å². The molecule has 0 spiro atoms. The molecular weight excluding hydrogens is 343 g/mol. The van der Waals surface area contributed by atoms with Crippen molar-refractivity contribution in [2.45, 2.75) is 12.1 Å². The van der Waals surface area contributed by atoms with Crippen LogP contribution in [-0.2, 0) is 19.3 Å². The second-order valence-corrected chi connectivity index (χ2v) is 6.04. The normalized spacial score (nSPS) is 23.9. The van der Waals surface area contributed by atoms with Crippen LogP contribution >= 0.6 is 0 Å². The van der Waals surface area contributed by atoms with Gasteiger partial charge in [0.15, 0.2) is 18.6 Å². The highest BCUT2D eigenvalue weighted by atomic mass is 32.3. The van der Waals surface area contributed by atoms with E-state index in [0.29, 0.717) is 16.4 Å². The number of nitrogens with zero attached hydrogens (tertiary/aromatic N) is 4. The standard InChI is InChI=1S/C11H13BN4O7S/c12-22-6-13-2-7-1-8(10-3-14-5-21-10)9-4-15(7)11(17)16(9)23-24(18,19)20/h1,3,5-7,9H,2,4,12H2,(H,18,19,20)/t7-,9-/m0/s1. The zero-order valence-corrected chi connectivity index (χ0v) is 13.3. The van der Waals surface area contributed by atoms with E-state index in [1.807, 2.05) is 0 Å². The fourth-order valence-corrected chi connectivity index (χ4v) is 3.05. The lowest BCUT2D eigenvalue weighted by Gasteiger charge is -2.27. The van der Waals surface area contributed by atoms with E-state index in [0.717, 1.165) is 0 Å². The molecule has 0 aromatic carbocycles. The van der Waals surface area contributed by atoms with Crippen molar-refractivity contribution >= 4 is 36.5 Å². The molecule has 0 aliphatic carbocycles. The summed E-state index contributed by atoms with van der Waals surface area (Å²) in [6, 6.07) is -1.94. The van der Waals surface area contributed by atoms with Gasteiger partial charge in [0, 0.05) is 5.57 Å². The van der Waals surface area contributed by atoms with Crippen LogP contribution in [0.3, 0.4) is 0 Å². The molecule has 2 aliphatic heterocycles. The summed E-state index contributed by atoms with van der Waals surface area (Å²) >= 11 is 0. The lowest BCUT2D eigenvalue weighted by Crippen LogP contribution is -2.40. The molecule has 2 bridgehead atoms. The van der Waals surface area contributed by atoms with E-state index in [1.165, 1.54) is 31.9 Å². The first-order chi connectivity index (χ1) is 11.4. The van der Waals surface area contributed by atoms with Crippen LogP contribution in [0.2, 0.25) is 0 Å². The number of urea groups is 1. The molecule has 13 heteroatoms. The smallest absolute Gasteiger partial charge is 0.418 e. The maximum Gasteiger partial charge on any atom is 0.418 e. The topological polar surface area (TPSA) is 135 Å². The molecule has 0 saturated carbocycles. The van der Waals surface area contributed by atoms with Crippen molar-refractivity contribution in [1.29, 1.82) is 0 Å². The van der Waals surface area contributed by atoms with Gasteiger partial charge >= 0.3 is 24.5 Å². The summed E-state index contributed by atoms with van der Waals surface area (Å²) in [5.74, 6) is 0.360. The number of aromatic nitrogens is 1. The maximum atomic E-state index is 12.4. The van der Waals surface area contributed by atoms with Crippen molar-refractivity contribution in [3.63, 3.8) is 0 Å². The Morgan fingerprint density at radius 2 is 2.38 bits per heavy atom. The Morgan fingerprint density at radius 3 is 3.00 bits per heavy atom. The minimum absolute atomic E-state index is 0.147. The predicted molar refractivity (Wildman–Crippen MR) is 81.6 cm³/mol. The monoisotopic (exact) mass is 356 g/mol. The summed E-state index contributed by atoms with van der Waals surface area (Å²) in [7, 11) is -3.41. The molecular formula is C11H13BN4O7S. The number of carbonyl (C=O) groups is 1. The summed E-state index contributed by atoms with van der Waals surface area (Å²) in [6.45, 7) is 0.345. The van der Waals surface area contributed by atoms with E-state index in [9.17, 15) is 13.2 Å². The number of hydroxylamine groups is 2. The average molecular weight is 356 g/mol. The number of oxazole rings is 1. The number of hydrogen-bond donors (Lipinski definition) is 1. The first-order valence-electron chi connectivity index (χ1n) is 6.79. The molecule has 1 N–H and O–H groups in total. The van der Waals surface area contributed by atoms with Crippen molar-refractivity contribution in [3.8, 4) is 0 Å². The molecule has 11 nitrogen and oxygen atoms in total. The lowest BCUT2D eigenvalue weighted by atomic mass is 9.98. The van der Waals surface area contributed by atoms with Crippen LogP contribution in [0.1, 0.15) is 5.76 Å². The zero-order valence-electron chi connectivity index (χ0n) is 12.5. The first kappa shape index (κ1) is 16.5. The third-order valence-electron chi connectivity index (χ3n) is 3.58. The van der Waals surface area contributed by atoms with Gasteiger partial charge < -0.3 is 14.0 Å². The van der Waals surface area contributed by atoms with Gasteiger partial charge in [0.2, 0.25) is 0 Å². The first-order valence-corrected chi connectivity index (χ1v) is 8.15. The highest BCUT2D eigenvalue weighted by Gasteiger charge is 2.49. The minimum Gasteiger partial charge on any atom is -0.560 e. The molecule has 24 heavy (non-hydrogen) atoms. The third-order valence-corrected chi connectivity index (χ3v) is 3.93. The zero-order chi connectivity index (χ0) is 17.3. The Bertz CT molecular complexity index is 778. The Morgan fingerprint density at radius 1 is 1.58 bits per heavy atom. The summed E-state index contributed by atoms with van der Waals surface area (Å²) < 4.78 is 45.4. The van der Waals surface area contributed by atoms with Crippen molar-refractivity contribution < 1.29 is 31.1 Å². The number of fused-ring (bicyclic) bond motifs is 2. The highest BCUT2D eigenvalue weighted by molar-refractivity contribution is 7.80. The molecule has 2 amide bonds. The number of hydrogen-bond acceptors (Lipinski definition) is 8. The van der Waals surface area contributed by atoms with Crippen molar-refractivity contribution in [2.24, 2.45) is 4.99 Å². The molecule has 0 unspecified atom stereocenters. The van der Waals surface area contributed by atoms with Crippen LogP contribution in [0.15, 0.2) is 28.1 Å². The molecule has 0 radical (unpaired) electrons. The van der Waals surface area contributed by atoms with Gasteiger partial charge in [0.1, 0.15) is 6.04 Å². The van der Waals surface area contributed by atoms with Crippen LogP contribution < -0.4 is 0 Å². The van der Waals surface area contributed by atoms with Crippen LogP contribution in [0.5, 0.6) is 0 Å². The molecule has 128 valence electrons. The molecule has 2 atom stereocenters. The van der Waals surface area contributed by atoms with Gasteiger partial charge in [-0.3, -0.25) is 9.55 Å². The Labute approximate surface area is 137 Å². The summed E-state index contributed by atoms with van der Waals surface area (Å²) in [5.41, 5.74) is 0.510. The fourth-order valence-electron chi connectivity index (χ4n) is 2.68. The SMILES string of the molecule is BOC=NC[C@@H]1C=C(c2cnco2)[C@@H]2CN1C(=O)N2OS(=O)(=O)O. The van der Waals surface area contributed by atoms with Crippen LogP contribution in [0.25, 0.3) is 5.57 Å². The second kappa shape index (κ2) is 6.26. The van der Waals surface area contributed by atoms with Crippen molar-refractivity contribution in [3.05, 3.63) is 24.4 Å². The van der Waals surface area contributed by atoms with Crippen LogP contribution in [-0.4, -0.2) is 73.6 Å².